The molecule has 0 atom stereocenters. The average Bonchev–Trinajstić information content (AvgIpc) is 3.51. The van der Waals surface area contributed by atoms with E-state index in [4.69, 9.17) is 10.7 Å². The molecule has 6 N–H and O–H groups in total. The van der Waals surface area contributed by atoms with Crippen LogP contribution in [0, 0.1) is 5.82 Å². The lowest BCUT2D eigenvalue weighted by molar-refractivity contribution is -0.115. The van der Waals surface area contributed by atoms with Crippen molar-refractivity contribution in [1.29, 1.82) is 0 Å². The summed E-state index contributed by atoms with van der Waals surface area (Å²) in [5.74, 6) is 0.496. The highest BCUT2D eigenvalue weighted by Gasteiger charge is 2.25. The second kappa shape index (κ2) is 8.86. The van der Waals surface area contributed by atoms with Crippen molar-refractivity contribution in [3.8, 4) is 11.1 Å². The third kappa shape index (κ3) is 4.61. The second-order valence-electron chi connectivity index (χ2n) is 8.73. The number of rotatable bonds is 7. The number of nitrogens with one attached hydrogen (secondary N) is 4. The van der Waals surface area contributed by atoms with Crippen LogP contribution >= 0.6 is 0 Å². The van der Waals surface area contributed by atoms with Gasteiger partial charge in [0, 0.05) is 42.2 Å². The third-order valence-electron chi connectivity index (χ3n) is 5.96. The Kier molecular flexibility index (Phi) is 5.36. The van der Waals surface area contributed by atoms with E-state index in [2.05, 4.69) is 36.3 Å². The zero-order valence-electron chi connectivity index (χ0n) is 19.3. The predicted molar refractivity (Wildman–Crippen MR) is 133 cm³/mol. The largest absolute Gasteiger partial charge is 0.368 e. The smallest absolute Gasteiger partial charge is 0.326 e. The highest BCUT2D eigenvalue weighted by atomic mass is 19.1. The summed E-state index contributed by atoms with van der Waals surface area (Å²) in [4.78, 5) is 36.2. The lowest BCUT2D eigenvalue weighted by atomic mass is 10.0. The van der Waals surface area contributed by atoms with E-state index in [1.807, 2.05) is 6.07 Å². The van der Waals surface area contributed by atoms with Crippen molar-refractivity contribution < 1.29 is 14.0 Å². The SMILES string of the molecule is Nc1ncc(-c2cc(F)ccc2CNc2cc(NC3CC3)n3ncc(/C=C4/NC(=O)NC4=O)c3n2)cn1. The Hall–Kier alpha value is -5.07. The summed E-state index contributed by atoms with van der Waals surface area (Å²) in [5, 5.41) is 15.8. The van der Waals surface area contributed by atoms with Gasteiger partial charge >= 0.3 is 6.03 Å². The number of carbonyl (C=O) groups excluding carboxylic acids is 2. The molecule has 2 fully saturated rings. The van der Waals surface area contributed by atoms with E-state index in [0.717, 1.165) is 24.2 Å². The minimum absolute atomic E-state index is 0.110. The molecule has 186 valence electrons. The number of urea groups is 1. The van der Waals surface area contributed by atoms with Crippen LogP contribution < -0.4 is 27.0 Å². The van der Waals surface area contributed by atoms with Gasteiger partial charge in [0.05, 0.1) is 6.20 Å². The van der Waals surface area contributed by atoms with Gasteiger partial charge < -0.3 is 21.7 Å². The number of benzene rings is 1. The Labute approximate surface area is 209 Å². The number of nitrogens with zero attached hydrogens (tertiary/aromatic N) is 5. The van der Waals surface area contributed by atoms with Gasteiger partial charge in [0.1, 0.15) is 23.1 Å². The summed E-state index contributed by atoms with van der Waals surface area (Å²) in [6.07, 6.45) is 8.31. The quantitative estimate of drug-likeness (QED) is 0.189. The number of fused-ring (bicyclic) bond motifs is 1. The van der Waals surface area contributed by atoms with Gasteiger partial charge in [0.25, 0.3) is 5.91 Å². The van der Waals surface area contributed by atoms with Gasteiger partial charge in [-0.15, -0.1) is 0 Å². The maximum atomic E-state index is 14.1. The van der Waals surface area contributed by atoms with Gasteiger partial charge in [-0.05, 0) is 42.2 Å². The highest BCUT2D eigenvalue weighted by Crippen LogP contribution is 2.29. The van der Waals surface area contributed by atoms with Crippen molar-refractivity contribution in [2.24, 2.45) is 0 Å². The van der Waals surface area contributed by atoms with Crippen LogP contribution in [0.3, 0.4) is 0 Å². The van der Waals surface area contributed by atoms with Crippen molar-refractivity contribution in [2.75, 3.05) is 16.4 Å². The maximum absolute atomic E-state index is 14.1. The van der Waals surface area contributed by atoms with Gasteiger partial charge in [-0.2, -0.15) is 9.61 Å². The summed E-state index contributed by atoms with van der Waals surface area (Å²) in [6, 6.07) is 6.10. The summed E-state index contributed by atoms with van der Waals surface area (Å²) in [6.45, 7) is 0.328. The van der Waals surface area contributed by atoms with Crippen LogP contribution in [0.2, 0.25) is 0 Å². The summed E-state index contributed by atoms with van der Waals surface area (Å²) in [7, 11) is 0. The van der Waals surface area contributed by atoms with Crippen molar-refractivity contribution in [3.63, 3.8) is 0 Å². The molecule has 1 aromatic carbocycles. The first-order valence-corrected chi connectivity index (χ1v) is 11.5. The fraction of sp³-hybridized carbons (Fsp3) is 0.167. The monoisotopic (exact) mass is 500 g/mol. The van der Waals surface area contributed by atoms with Crippen LogP contribution in [-0.2, 0) is 11.3 Å². The summed E-state index contributed by atoms with van der Waals surface area (Å²) < 4.78 is 15.7. The molecule has 1 saturated carbocycles. The van der Waals surface area contributed by atoms with Crippen LogP contribution in [0.1, 0.15) is 24.0 Å². The topological polar surface area (TPSA) is 164 Å². The number of halogens is 1. The molecule has 13 heteroatoms. The first-order chi connectivity index (χ1) is 17.9. The summed E-state index contributed by atoms with van der Waals surface area (Å²) in [5.41, 5.74) is 8.81. The molecule has 4 aromatic rings. The molecule has 0 spiro atoms. The minimum Gasteiger partial charge on any atom is -0.368 e. The Bertz CT molecular complexity index is 1580. The molecule has 1 aliphatic heterocycles. The molecule has 4 heterocycles. The van der Waals surface area contributed by atoms with Crippen molar-refractivity contribution in [2.45, 2.75) is 25.4 Å². The molecule has 6 rings (SSSR count). The molecule has 1 aliphatic carbocycles. The van der Waals surface area contributed by atoms with Crippen LogP contribution in [-0.4, -0.2) is 42.5 Å². The molecular formula is C24H21FN10O2. The van der Waals surface area contributed by atoms with Gasteiger partial charge in [-0.3, -0.25) is 10.1 Å². The number of hydrogen-bond donors (Lipinski definition) is 5. The molecule has 0 unspecified atom stereocenters. The fourth-order valence-electron chi connectivity index (χ4n) is 3.98. The van der Waals surface area contributed by atoms with E-state index in [9.17, 15) is 14.0 Å². The molecule has 0 bridgehead atoms. The van der Waals surface area contributed by atoms with Crippen LogP contribution in [0.4, 0.5) is 26.8 Å². The lowest BCUT2D eigenvalue weighted by Crippen LogP contribution is -2.22. The van der Waals surface area contributed by atoms with E-state index < -0.39 is 11.9 Å². The lowest BCUT2D eigenvalue weighted by Gasteiger charge is -2.14. The van der Waals surface area contributed by atoms with Gasteiger partial charge in [-0.25, -0.2) is 24.1 Å². The molecule has 3 aromatic heterocycles. The van der Waals surface area contributed by atoms with Crippen molar-refractivity contribution in [3.05, 3.63) is 65.5 Å². The number of anilines is 3. The maximum Gasteiger partial charge on any atom is 0.326 e. The van der Waals surface area contributed by atoms with E-state index in [-0.39, 0.29) is 17.5 Å². The highest BCUT2D eigenvalue weighted by molar-refractivity contribution is 6.14. The van der Waals surface area contributed by atoms with Gasteiger partial charge in [0.15, 0.2) is 5.65 Å². The predicted octanol–water partition coefficient (Wildman–Crippen LogP) is 2.27. The first kappa shape index (κ1) is 22.4. The molecular weight excluding hydrogens is 479 g/mol. The number of amides is 3. The molecule has 12 nitrogen and oxygen atoms in total. The third-order valence-corrected chi connectivity index (χ3v) is 5.96. The number of imide groups is 1. The van der Waals surface area contributed by atoms with Crippen molar-refractivity contribution in [1.82, 2.24) is 35.2 Å². The first-order valence-electron chi connectivity index (χ1n) is 11.5. The van der Waals surface area contributed by atoms with Gasteiger partial charge in [0.2, 0.25) is 5.95 Å². The number of nitrogen functional groups attached to an aromatic ring is 1. The molecule has 2 aliphatic rings. The number of nitrogens with two attached hydrogens (primary N) is 1. The minimum atomic E-state index is -0.583. The normalized spacial score (nSPS) is 16.2. The second-order valence-corrected chi connectivity index (χ2v) is 8.73. The molecule has 1 saturated heterocycles. The Balaban J connectivity index is 1.34. The molecule has 3 amide bonds. The van der Waals surface area contributed by atoms with E-state index in [1.54, 1.807) is 29.2 Å². The van der Waals surface area contributed by atoms with Gasteiger partial charge in [-0.1, -0.05) is 6.07 Å². The van der Waals surface area contributed by atoms with Crippen LogP contribution in [0.25, 0.3) is 22.9 Å². The van der Waals surface area contributed by atoms with E-state index in [1.165, 1.54) is 18.2 Å². The Morgan fingerprint density at radius 1 is 1.14 bits per heavy atom. The molecule has 37 heavy (non-hydrogen) atoms. The number of carbonyl (C=O) groups is 2. The van der Waals surface area contributed by atoms with E-state index in [0.29, 0.717) is 40.7 Å². The van der Waals surface area contributed by atoms with Crippen molar-refractivity contribution >= 4 is 41.2 Å². The van der Waals surface area contributed by atoms with Crippen LogP contribution in [0.5, 0.6) is 0 Å². The Morgan fingerprint density at radius 3 is 2.68 bits per heavy atom. The zero-order chi connectivity index (χ0) is 25.5. The number of hydrogen-bond acceptors (Lipinski definition) is 9. The molecule has 0 radical (unpaired) electrons. The zero-order valence-corrected chi connectivity index (χ0v) is 19.3. The Morgan fingerprint density at radius 2 is 1.95 bits per heavy atom. The number of aromatic nitrogens is 5. The van der Waals surface area contributed by atoms with E-state index >= 15 is 0 Å². The standard InChI is InChI=1S/C24H21FN10O2/c25-15-2-1-12(17(6-15)14-9-28-23(26)29-10-14)8-27-19-7-20(31-16-3-4-16)35-21(33-19)13(11-30-35)5-18-22(36)34-24(37)32-18/h1-2,5-7,9-11,16,31H,3-4,8H2,(H,27,33)(H2,26,28,29)(H2,32,34,36,37)/b18-5+. The summed E-state index contributed by atoms with van der Waals surface area (Å²) >= 11 is 0. The van der Waals surface area contributed by atoms with Crippen LogP contribution in [0.15, 0.2) is 48.6 Å². The average molecular weight is 500 g/mol. The fourth-order valence-corrected chi connectivity index (χ4v) is 3.98.